The van der Waals surface area contributed by atoms with Crippen LogP contribution in [0, 0.1) is 5.82 Å². The number of hydrogen-bond donors (Lipinski definition) is 0. The van der Waals surface area contributed by atoms with Crippen LogP contribution in [0.3, 0.4) is 0 Å². The minimum atomic E-state index is -0.854. The Morgan fingerprint density at radius 1 is 1.18 bits per heavy atom. The Kier molecular flexibility index (Phi) is 6.15. The largest absolute Gasteiger partial charge is 0.464 e. The third-order valence-electron chi connectivity index (χ3n) is 5.22. The summed E-state index contributed by atoms with van der Waals surface area (Å²) in [5, 5.41) is 0.392. The molecule has 1 atom stereocenters. The minimum Gasteiger partial charge on any atom is -0.464 e. The first-order valence-electron chi connectivity index (χ1n) is 10.2. The van der Waals surface area contributed by atoms with Gasteiger partial charge in [0.1, 0.15) is 11.9 Å². The fraction of sp³-hybridized carbons (Fsp3) is 0.217. The van der Waals surface area contributed by atoms with Gasteiger partial charge in [-0.25, -0.2) is 23.5 Å². The summed E-state index contributed by atoms with van der Waals surface area (Å²) < 4.78 is 22.1. The fourth-order valence-corrected chi connectivity index (χ4v) is 3.76. The zero-order valence-corrected chi connectivity index (χ0v) is 18.6. The van der Waals surface area contributed by atoms with Gasteiger partial charge >= 0.3 is 11.7 Å². The van der Waals surface area contributed by atoms with E-state index in [0.717, 1.165) is 4.57 Å². The Balaban J connectivity index is 2.01. The quantitative estimate of drug-likeness (QED) is 0.403. The Morgan fingerprint density at radius 3 is 2.58 bits per heavy atom. The number of esters is 1. The molecule has 0 N–H and O–H groups in total. The number of rotatable bonds is 6. The van der Waals surface area contributed by atoms with Crippen LogP contribution in [0.2, 0.25) is 5.02 Å². The number of aromatic nitrogens is 4. The summed E-state index contributed by atoms with van der Waals surface area (Å²) in [7, 11) is 0. The Bertz CT molecular complexity index is 1460. The Morgan fingerprint density at radius 2 is 1.91 bits per heavy atom. The molecular formula is C23H20ClFN4O4. The molecule has 2 aromatic heterocycles. The maximum atomic E-state index is 13.5. The smallest absolute Gasteiger partial charge is 0.337 e. The predicted octanol–water partition coefficient (Wildman–Crippen LogP) is 3.31. The first kappa shape index (κ1) is 22.5. The highest BCUT2D eigenvalue weighted by Crippen LogP contribution is 2.20. The van der Waals surface area contributed by atoms with Crippen LogP contribution in [0.15, 0.2) is 64.4 Å². The number of carbonyl (C=O) groups excluding carboxylic acids is 1. The second-order valence-electron chi connectivity index (χ2n) is 7.37. The van der Waals surface area contributed by atoms with Crippen molar-refractivity contribution >= 4 is 28.7 Å². The predicted molar refractivity (Wildman–Crippen MR) is 121 cm³/mol. The van der Waals surface area contributed by atoms with Crippen molar-refractivity contribution in [2.24, 2.45) is 0 Å². The molecule has 0 spiro atoms. The van der Waals surface area contributed by atoms with E-state index in [9.17, 15) is 18.8 Å². The van der Waals surface area contributed by atoms with Crippen LogP contribution in [0.4, 0.5) is 4.39 Å². The topological polar surface area (TPSA) is 88.1 Å². The summed E-state index contributed by atoms with van der Waals surface area (Å²) in [5.74, 6) is -0.971. The number of hydrogen-bond acceptors (Lipinski definition) is 5. The third-order valence-corrected chi connectivity index (χ3v) is 5.46. The van der Waals surface area contributed by atoms with Crippen molar-refractivity contribution in [2.45, 2.75) is 26.4 Å². The van der Waals surface area contributed by atoms with E-state index >= 15 is 0 Å². The van der Waals surface area contributed by atoms with Gasteiger partial charge in [-0.3, -0.25) is 9.36 Å². The van der Waals surface area contributed by atoms with Gasteiger partial charge in [-0.2, -0.15) is 0 Å². The SMILES string of the molecule is CCOC(=O)C(C)n1cnc2c1c(=O)n(Cc1ccc(F)cc1)c(=O)n2-c1cccc(Cl)c1. The molecule has 33 heavy (non-hydrogen) atoms. The summed E-state index contributed by atoms with van der Waals surface area (Å²) >= 11 is 6.14. The average Bonchev–Trinajstić information content (AvgIpc) is 3.22. The molecule has 0 amide bonds. The number of carbonyl (C=O) groups is 1. The van der Waals surface area contributed by atoms with E-state index in [-0.39, 0.29) is 24.3 Å². The molecule has 0 aliphatic heterocycles. The van der Waals surface area contributed by atoms with Crippen molar-refractivity contribution in [3.8, 4) is 5.69 Å². The van der Waals surface area contributed by atoms with E-state index < -0.39 is 29.1 Å². The lowest BCUT2D eigenvalue weighted by atomic mass is 10.2. The molecule has 1 unspecified atom stereocenters. The van der Waals surface area contributed by atoms with Gasteiger partial charge in [0.2, 0.25) is 0 Å². The molecule has 0 aliphatic carbocycles. The monoisotopic (exact) mass is 470 g/mol. The second-order valence-corrected chi connectivity index (χ2v) is 7.80. The molecule has 0 radical (unpaired) electrons. The molecule has 0 bridgehead atoms. The number of benzene rings is 2. The van der Waals surface area contributed by atoms with Crippen LogP contribution in [0.5, 0.6) is 0 Å². The van der Waals surface area contributed by atoms with Crippen molar-refractivity contribution in [3.63, 3.8) is 0 Å². The first-order valence-corrected chi connectivity index (χ1v) is 10.6. The van der Waals surface area contributed by atoms with E-state index in [4.69, 9.17) is 16.3 Å². The number of nitrogens with zero attached hydrogens (tertiary/aromatic N) is 4. The summed E-state index contributed by atoms with van der Waals surface area (Å²) in [6.07, 6.45) is 1.33. The summed E-state index contributed by atoms with van der Waals surface area (Å²) in [4.78, 5) is 43.6. The van der Waals surface area contributed by atoms with Crippen LogP contribution in [-0.4, -0.2) is 31.3 Å². The van der Waals surface area contributed by atoms with Crippen molar-refractivity contribution < 1.29 is 13.9 Å². The molecule has 0 aliphatic rings. The number of imidazole rings is 1. The second kappa shape index (κ2) is 9.03. The van der Waals surface area contributed by atoms with Crippen molar-refractivity contribution in [2.75, 3.05) is 6.61 Å². The van der Waals surface area contributed by atoms with Crippen LogP contribution < -0.4 is 11.2 Å². The number of fused-ring (bicyclic) bond motifs is 1. The van der Waals surface area contributed by atoms with E-state index in [1.54, 1.807) is 38.1 Å². The molecule has 10 heteroatoms. The van der Waals surface area contributed by atoms with Gasteiger partial charge in [-0.05, 0) is 49.7 Å². The average molecular weight is 471 g/mol. The zero-order valence-electron chi connectivity index (χ0n) is 17.9. The lowest BCUT2D eigenvalue weighted by Gasteiger charge is -2.15. The Labute approximate surface area is 192 Å². The molecule has 4 rings (SSSR count). The van der Waals surface area contributed by atoms with Crippen LogP contribution >= 0.6 is 11.6 Å². The van der Waals surface area contributed by atoms with Gasteiger partial charge in [0, 0.05) is 5.02 Å². The lowest BCUT2D eigenvalue weighted by Crippen LogP contribution is -2.40. The van der Waals surface area contributed by atoms with Gasteiger partial charge in [0.25, 0.3) is 5.56 Å². The first-order chi connectivity index (χ1) is 15.8. The van der Waals surface area contributed by atoms with Crippen LogP contribution in [0.1, 0.15) is 25.5 Å². The molecule has 2 heterocycles. The molecule has 2 aromatic carbocycles. The normalized spacial score (nSPS) is 12.1. The van der Waals surface area contributed by atoms with E-state index in [2.05, 4.69) is 4.98 Å². The summed E-state index contributed by atoms with van der Waals surface area (Å²) in [5.41, 5.74) is -0.188. The van der Waals surface area contributed by atoms with Crippen LogP contribution in [0.25, 0.3) is 16.9 Å². The molecule has 170 valence electrons. The van der Waals surface area contributed by atoms with E-state index in [0.29, 0.717) is 16.3 Å². The van der Waals surface area contributed by atoms with Crippen LogP contribution in [-0.2, 0) is 16.1 Å². The van der Waals surface area contributed by atoms with Crippen molar-refractivity contribution in [1.82, 2.24) is 18.7 Å². The number of ether oxygens (including phenoxy) is 1. The maximum absolute atomic E-state index is 13.5. The molecule has 4 aromatic rings. The highest BCUT2D eigenvalue weighted by Gasteiger charge is 2.25. The van der Waals surface area contributed by atoms with Gasteiger partial charge in [-0.1, -0.05) is 29.8 Å². The highest BCUT2D eigenvalue weighted by molar-refractivity contribution is 6.30. The molecule has 8 nitrogen and oxygen atoms in total. The summed E-state index contributed by atoms with van der Waals surface area (Å²) in [6.45, 7) is 3.34. The van der Waals surface area contributed by atoms with E-state index in [1.807, 2.05) is 0 Å². The molecule has 0 saturated heterocycles. The van der Waals surface area contributed by atoms with Gasteiger partial charge in [-0.15, -0.1) is 0 Å². The van der Waals surface area contributed by atoms with E-state index in [1.165, 1.54) is 39.7 Å². The van der Waals surface area contributed by atoms with Gasteiger partial charge < -0.3 is 9.30 Å². The standard InChI is InChI=1S/C23H20ClFN4O4/c1-3-33-22(31)14(2)28-13-26-20-19(28)21(30)27(12-15-7-9-17(25)10-8-15)23(32)29(20)18-6-4-5-16(24)11-18/h4-11,13-14H,3,12H2,1-2H3. The molecule has 0 fully saturated rings. The van der Waals surface area contributed by atoms with Gasteiger partial charge in [0.15, 0.2) is 11.2 Å². The highest BCUT2D eigenvalue weighted by atomic mass is 35.5. The molecular weight excluding hydrogens is 451 g/mol. The van der Waals surface area contributed by atoms with Gasteiger partial charge in [0.05, 0.1) is 25.2 Å². The zero-order chi connectivity index (χ0) is 23.7. The third kappa shape index (κ3) is 4.19. The summed E-state index contributed by atoms with van der Waals surface area (Å²) in [6, 6.07) is 11.2. The molecule has 0 saturated carbocycles. The number of halogens is 2. The van der Waals surface area contributed by atoms with Crippen molar-refractivity contribution in [3.05, 3.63) is 92.1 Å². The van der Waals surface area contributed by atoms with Crippen molar-refractivity contribution in [1.29, 1.82) is 0 Å². The lowest BCUT2D eigenvalue weighted by molar-refractivity contribution is -0.146. The maximum Gasteiger partial charge on any atom is 0.337 e. The Hall–Kier alpha value is -3.72. The fourth-order valence-electron chi connectivity index (χ4n) is 3.58. The minimum absolute atomic E-state index is 0.0530.